The van der Waals surface area contributed by atoms with E-state index in [9.17, 15) is 5.11 Å². The van der Waals surface area contributed by atoms with E-state index in [-0.39, 0.29) is 5.75 Å². The summed E-state index contributed by atoms with van der Waals surface area (Å²) in [6, 6.07) is 11.6. The molecule has 0 aliphatic rings. The smallest absolute Gasteiger partial charge is 0.123 e. The normalized spacial score (nSPS) is 10.4. The molecule has 3 heteroatoms. The molecular weight excluding hydrogens is 292 g/mol. The van der Waals surface area contributed by atoms with E-state index < -0.39 is 0 Å². The van der Waals surface area contributed by atoms with Crippen LogP contribution < -0.4 is 4.74 Å². The van der Waals surface area contributed by atoms with Gasteiger partial charge >= 0.3 is 0 Å². The first-order chi connectivity index (χ1) is 8.56. The van der Waals surface area contributed by atoms with Crippen LogP contribution in [0.15, 0.2) is 40.9 Å². The van der Waals surface area contributed by atoms with Crippen molar-refractivity contribution in [3.8, 4) is 11.5 Å². The highest BCUT2D eigenvalue weighted by Crippen LogP contribution is 2.27. The van der Waals surface area contributed by atoms with E-state index in [1.54, 1.807) is 6.07 Å². The number of hydrogen-bond acceptors (Lipinski definition) is 2. The van der Waals surface area contributed by atoms with Gasteiger partial charge in [-0.1, -0.05) is 28.1 Å². The van der Waals surface area contributed by atoms with Gasteiger partial charge in [0.05, 0.1) is 0 Å². The minimum Gasteiger partial charge on any atom is -0.508 e. The van der Waals surface area contributed by atoms with E-state index in [1.807, 2.05) is 44.2 Å². The fraction of sp³-hybridized carbons (Fsp3) is 0.200. The van der Waals surface area contributed by atoms with Crippen LogP contribution in [0, 0.1) is 13.8 Å². The summed E-state index contributed by atoms with van der Waals surface area (Å²) >= 11 is 3.39. The summed E-state index contributed by atoms with van der Waals surface area (Å²) < 4.78 is 6.72. The van der Waals surface area contributed by atoms with E-state index in [0.717, 1.165) is 21.2 Å². The molecule has 2 rings (SSSR count). The Balaban J connectivity index is 2.08. The maximum Gasteiger partial charge on any atom is 0.123 e. The summed E-state index contributed by atoms with van der Waals surface area (Å²) in [5.74, 6) is 0.972. The summed E-state index contributed by atoms with van der Waals surface area (Å²) in [5.41, 5.74) is 3.02. The predicted molar refractivity (Wildman–Crippen MR) is 76.1 cm³/mol. The zero-order valence-electron chi connectivity index (χ0n) is 10.4. The zero-order chi connectivity index (χ0) is 13.1. The third-order valence-electron chi connectivity index (χ3n) is 2.93. The van der Waals surface area contributed by atoms with Gasteiger partial charge in [0.2, 0.25) is 0 Å². The Morgan fingerprint density at radius 2 is 1.78 bits per heavy atom. The van der Waals surface area contributed by atoms with Gasteiger partial charge in [0.1, 0.15) is 18.1 Å². The lowest BCUT2D eigenvalue weighted by atomic mass is 10.1. The van der Waals surface area contributed by atoms with Crippen molar-refractivity contribution < 1.29 is 9.84 Å². The van der Waals surface area contributed by atoms with Crippen molar-refractivity contribution in [2.75, 3.05) is 0 Å². The highest BCUT2D eigenvalue weighted by atomic mass is 79.9. The molecule has 0 aromatic heterocycles. The molecule has 18 heavy (non-hydrogen) atoms. The number of ether oxygens (including phenoxy) is 1. The molecule has 0 saturated heterocycles. The van der Waals surface area contributed by atoms with Crippen molar-refractivity contribution in [1.82, 2.24) is 0 Å². The molecule has 0 heterocycles. The fourth-order valence-electron chi connectivity index (χ4n) is 1.64. The SMILES string of the molecule is Cc1cc(OCc2ccc(Br)cc2)cc(O)c1C. The van der Waals surface area contributed by atoms with E-state index >= 15 is 0 Å². The van der Waals surface area contributed by atoms with Crippen molar-refractivity contribution in [3.63, 3.8) is 0 Å². The van der Waals surface area contributed by atoms with Gasteiger partial charge in [0, 0.05) is 10.5 Å². The molecule has 0 fully saturated rings. The Hall–Kier alpha value is -1.48. The molecule has 1 N–H and O–H groups in total. The third-order valence-corrected chi connectivity index (χ3v) is 3.46. The Labute approximate surface area is 115 Å². The molecule has 0 unspecified atom stereocenters. The largest absolute Gasteiger partial charge is 0.508 e. The van der Waals surface area contributed by atoms with Crippen LogP contribution in [0.3, 0.4) is 0 Å². The molecule has 2 nitrogen and oxygen atoms in total. The molecule has 2 aromatic rings. The average Bonchev–Trinajstić information content (AvgIpc) is 2.35. The van der Waals surface area contributed by atoms with Crippen LogP contribution in [0.4, 0.5) is 0 Å². The van der Waals surface area contributed by atoms with Gasteiger partial charge in [0.25, 0.3) is 0 Å². The molecule has 0 aliphatic heterocycles. The van der Waals surface area contributed by atoms with Crippen LogP contribution >= 0.6 is 15.9 Å². The molecule has 0 saturated carbocycles. The molecule has 0 atom stereocenters. The van der Waals surface area contributed by atoms with Gasteiger partial charge in [-0.2, -0.15) is 0 Å². The van der Waals surface area contributed by atoms with Crippen molar-refractivity contribution >= 4 is 15.9 Å². The van der Waals surface area contributed by atoms with Crippen LogP contribution in [0.2, 0.25) is 0 Å². The second kappa shape index (κ2) is 5.44. The second-order valence-corrected chi connectivity index (χ2v) is 5.22. The van der Waals surface area contributed by atoms with Crippen LogP contribution in [-0.4, -0.2) is 5.11 Å². The lowest BCUT2D eigenvalue weighted by Crippen LogP contribution is -1.96. The second-order valence-electron chi connectivity index (χ2n) is 4.30. The van der Waals surface area contributed by atoms with Crippen LogP contribution in [0.5, 0.6) is 11.5 Å². The lowest BCUT2D eigenvalue weighted by Gasteiger charge is -2.10. The summed E-state index contributed by atoms with van der Waals surface area (Å²) in [5, 5.41) is 9.73. The minimum atomic E-state index is 0.279. The molecule has 0 bridgehead atoms. The number of phenols is 1. The van der Waals surface area contributed by atoms with Crippen molar-refractivity contribution in [1.29, 1.82) is 0 Å². The van der Waals surface area contributed by atoms with Gasteiger partial charge in [-0.3, -0.25) is 0 Å². The fourth-order valence-corrected chi connectivity index (χ4v) is 1.90. The molecule has 0 aliphatic carbocycles. The number of benzene rings is 2. The number of aryl methyl sites for hydroxylation is 1. The number of aromatic hydroxyl groups is 1. The Kier molecular flexibility index (Phi) is 3.92. The van der Waals surface area contributed by atoms with Crippen LogP contribution in [-0.2, 0) is 6.61 Å². The number of halogens is 1. The monoisotopic (exact) mass is 306 g/mol. The molecule has 0 spiro atoms. The minimum absolute atomic E-state index is 0.279. The van der Waals surface area contributed by atoms with Crippen molar-refractivity contribution in [3.05, 3.63) is 57.6 Å². The first-order valence-electron chi connectivity index (χ1n) is 5.74. The van der Waals surface area contributed by atoms with Gasteiger partial charge in [-0.25, -0.2) is 0 Å². The lowest BCUT2D eigenvalue weighted by molar-refractivity contribution is 0.304. The molecule has 0 amide bonds. The number of phenolic OH excluding ortho intramolecular Hbond substituents is 1. The average molecular weight is 307 g/mol. The first-order valence-corrected chi connectivity index (χ1v) is 6.53. The van der Waals surface area contributed by atoms with Gasteiger partial charge in [0.15, 0.2) is 0 Å². The Morgan fingerprint density at radius 1 is 1.11 bits per heavy atom. The summed E-state index contributed by atoms with van der Waals surface area (Å²) in [4.78, 5) is 0. The Bertz CT molecular complexity index is 524. The Morgan fingerprint density at radius 3 is 2.39 bits per heavy atom. The standard InChI is InChI=1S/C15H15BrO2/c1-10-7-14(8-15(17)11(10)2)18-9-12-3-5-13(16)6-4-12/h3-8,17H,9H2,1-2H3. The number of hydrogen-bond donors (Lipinski definition) is 1. The molecule has 0 radical (unpaired) electrons. The van der Waals surface area contributed by atoms with Crippen LogP contribution in [0.1, 0.15) is 16.7 Å². The molecule has 94 valence electrons. The van der Waals surface area contributed by atoms with Gasteiger partial charge < -0.3 is 9.84 Å². The van der Waals surface area contributed by atoms with Gasteiger partial charge in [-0.05, 0) is 48.7 Å². The summed E-state index contributed by atoms with van der Waals surface area (Å²) in [6.45, 7) is 4.35. The van der Waals surface area contributed by atoms with Crippen LogP contribution in [0.25, 0.3) is 0 Å². The predicted octanol–water partition coefficient (Wildman–Crippen LogP) is 4.35. The van der Waals surface area contributed by atoms with Crippen molar-refractivity contribution in [2.45, 2.75) is 20.5 Å². The third kappa shape index (κ3) is 3.05. The maximum atomic E-state index is 9.73. The summed E-state index contributed by atoms with van der Waals surface area (Å²) in [7, 11) is 0. The topological polar surface area (TPSA) is 29.5 Å². The quantitative estimate of drug-likeness (QED) is 0.913. The maximum absolute atomic E-state index is 9.73. The first kappa shape index (κ1) is 13.0. The summed E-state index contributed by atoms with van der Waals surface area (Å²) in [6.07, 6.45) is 0. The number of rotatable bonds is 3. The van der Waals surface area contributed by atoms with E-state index in [2.05, 4.69) is 15.9 Å². The molecule has 2 aromatic carbocycles. The zero-order valence-corrected chi connectivity index (χ0v) is 12.0. The van der Waals surface area contributed by atoms with E-state index in [0.29, 0.717) is 12.4 Å². The van der Waals surface area contributed by atoms with Crippen molar-refractivity contribution in [2.24, 2.45) is 0 Å². The van der Waals surface area contributed by atoms with E-state index in [4.69, 9.17) is 4.74 Å². The van der Waals surface area contributed by atoms with Gasteiger partial charge in [-0.15, -0.1) is 0 Å². The molecular formula is C15H15BrO2. The highest BCUT2D eigenvalue weighted by molar-refractivity contribution is 9.10. The van der Waals surface area contributed by atoms with E-state index in [1.165, 1.54) is 0 Å². The highest BCUT2D eigenvalue weighted by Gasteiger charge is 2.04.